The first-order valence-electron chi connectivity index (χ1n) is 3.84. The van der Waals surface area contributed by atoms with E-state index in [1.54, 1.807) is 19.1 Å². The molecule has 0 saturated carbocycles. The normalized spacial score (nSPS) is 9.77. The van der Waals surface area contributed by atoms with Crippen molar-refractivity contribution in [3.63, 3.8) is 0 Å². The third kappa shape index (κ3) is 2.16. The highest BCUT2D eigenvalue weighted by molar-refractivity contribution is 6.83. The molecule has 1 rings (SSSR count). The van der Waals surface area contributed by atoms with Crippen LogP contribution in [0.1, 0.15) is 21.5 Å². The van der Waals surface area contributed by atoms with Crippen LogP contribution in [0.5, 0.6) is 0 Å². The van der Waals surface area contributed by atoms with Gasteiger partial charge in [0.2, 0.25) is 5.78 Å². The minimum absolute atomic E-state index is 0.380. The molecule has 0 aliphatic rings. The number of ketones is 1. The highest BCUT2D eigenvalue weighted by Crippen LogP contribution is 2.12. The molecule has 3 heteroatoms. The van der Waals surface area contributed by atoms with Crippen molar-refractivity contribution < 1.29 is 9.59 Å². The van der Waals surface area contributed by atoms with Crippen molar-refractivity contribution in [1.29, 1.82) is 0 Å². The minimum atomic E-state index is -0.938. The second-order valence-electron chi connectivity index (χ2n) is 2.92. The zero-order valence-corrected chi connectivity index (χ0v) is 8.18. The molecule has 0 saturated heterocycles. The molecule has 1 aromatic carbocycles. The summed E-state index contributed by atoms with van der Waals surface area (Å²) in [5.74, 6) is -0.640. The molecule has 68 valence electrons. The molecule has 0 aromatic heterocycles. The van der Waals surface area contributed by atoms with Crippen molar-refractivity contribution in [3.8, 4) is 0 Å². The Bertz CT molecular complexity index is 369. The summed E-state index contributed by atoms with van der Waals surface area (Å²) < 4.78 is 0. The molecule has 0 unspecified atom stereocenters. The van der Waals surface area contributed by atoms with Gasteiger partial charge in [-0.15, -0.1) is 0 Å². The molecule has 0 fully saturated rings. The summed E-state index contributed by atoms with van der Waals surface area (Å²) in [6, 6.07) is 5.24. The molecule has 2 nitrogen and oxygen atoms in total. The molecule has 0 radical (unpaired) electrons. The van der Waals surface area contributed by atoms with Gasteiger partial charge in [-0.1, -0.05) is 23.8 Å². The van der Waals surface area contributed by atoms with Crippen molar-refractivity contribution in [3.05, 3.63) is 34.9 Å². The summed E-state index contributed by atoms with van der Waals surface area (Å²) in [5, 5.41) is -0.938. The van der Waals surface area contributed by atoms with Gasteiger partial charge in [-0.3, -0.25) is 9.59 Å². The van der Waals surface area contributed by atoms with E-state index in [-0.39, 0.29) is 0 Å². The van der Waals surface area contributed by atoms with Crippen molar-refractivity contribution in [2.75, 3.05) is 0 Å². The van der Waals surface area contributed by atoms with Crippen molar-refractivity contribution in [2.45, 2.75) is 13.8 Å². The molecular weight excluding hydrogens is 188 g/mol. The number of rotatable bonds is 2. The van der Waals surface area contributed by atoms with E-state index in [0.717, 1.165) is 11.1 Å². The van der Waals surface area contributed by atoms with Gasteiger partial charge in [0.25, 0.3) is 5.24 Å². The van der Waals surface area contributed by atoms with Crippen LogP contribution in [0.25, 0.3) is 0 Å². The fourth-order valence-corrected chi connectivity index (χ4v) is 1.28. The first kappa shape index (κ1) is 9.93. The Hall–Kier alpha value is -1.15. The average Bonchev–Trinajstić information content (AvgIpc) is 2.03. The molecule has 0 aliphatic carbocycles. The lowest BCUT2D eigenvalue weighted by atomic mass is 10.0. The molecule has 0 heterocycles. The molecule has 0 amide bonds. The van der Waals surface area contributed by atoms with Crippen LogP contribution in [-0.4, -0.2) is 11.0 Å². The van der Waals surface area contributed by atoms with Crippen LogP contribution < -0.4 is 0 Å². The fraction of sp³-hybridized carbons (Fsp3) is 0.200. The van der Waals surface area contributed by atoms with Gasteiger partial charge in [0.05, 0.1) is 0 Å². The highest BCUT2D eigenvalue weighted by atomic mass is 35.5. The zero-order valence-electron chi connectivity index (χ0n) is 7.43. The number of carbonyl (C=O) groups is 2. The number of hydrogen-bond acceptors (Lipinski definition) is 2. The highest BCUT2D eigenvalue weighted by Gasteiger charge is 2.15. The van der Waals surface area contributed by atoms with E-state index in [9.17, 15) is 9.59 Å². The Labute approximate surface area is 81.5 Å². The Morgan fingerprint density at radius 1 is 1.23 bits per heavy atom. The van der Waals surface area contributed by atoms with Crippen molar-refractivity contribution in [1.82, 2.24) is 0 Å². The average molecular weight is 197 g/mol. The summed E-state index contributed by atoms with van der Waals surface area (Å²) in [5.41, 5.74) is 2.21. The Balaban J connectivity index is 3.16. The van der Waals surface area contributed by atoms with Gasteiger partial charge < -0.3 is 0 Å². The van der Waals surface area contributed by atoms with E-state index < -0.39 is 11.0 Å². The van der Waals surface area contributed by atoms with Crippen molar-refractivity contribution >= 4 is 22.6 Å². The molecule has 1 aromatic rings. The van der Waals surface area contributed by atoms with Crippen molar-refractivity contribution in [2.24, 2.45) is 0 Å². The third-order valence-corrected chi connectivity index (χ3v) is 1.98. The van der Waals surface area contributed by atoms with Crippen LogP contribution in [0.15, 0.2) is 18.2 Å². The Morgan fingerprint density at radius 2 is 1.85 bits per heavy atom. The van der Waals surface area contributed by atoms with Gasteiger partial charge in [0.1, 0.15) is 0 Å². The molecular formula is C10H9ClO2. The van der Waals surface area contributed by atoms with Gasteiger partial charge in [-0.2, -0.15) is 0 Å². The first-order chi connectivity index (χ1) is 6.02. The van der Waals surface area contributed by atoms with E-state index in [4.69, 9.17) is 11.6 Å². The maximum Gasteiger partial charge on any atom is 0.293 e. The molecule has 0 spiro atoms. The lowest BCUT2D eigenvalue weighted by Gasteiger charge is -2.02. The third-order valence-electron chi connectivity index (χ3n) is 1.81. The lowest BCUT2D eigenvalue weighted by molar-refractivity contribution is -0.108. The number of halogens is 1. The van der Waals surface area contributed by atoms with E-state index in [1.807, 2.05) is 13.0 Å². The summed E-state index contributed by atoms with van der Waals surface area (Å²) in [6.07, 6.45) is 0. The summed E-state index contributed by atoms with van der Waals surface area (Å²) in [4.78, 5) is 21.8. The van der Waals surface area contributed by atoms with Gasteiger partial charge in [0, 0.05) is 5.56 Å². The number of hydrogen-bond donors (Lipinski definition) is 0. The number of carbonyl (C=O) groups excluding carboxylic acids is 2. The number of Topliss-reactive ketones (excluding diaryl/α,β-unsaturated/α-hetero) is 1. The molecule has 0 bridgehead atoms. The maximum absolute atomic E-state index is 11.2. The topological polar surface area (TPSA) is 34.1 Å². The maximum atomic E-state index is 11.2. The van der Waals surface area contributed by atoms with Crippen LogP contribution >= 0.6 is 11.6 Å². The van der Waals surface area contributed by atoms with Crippen LogP contribution in [0.4, 0.5) is 0 Å². The standard InChI is InChI=1S/C10H9ClO2/c1-6-3-4-8(7(2)5-6)9(12)10(11)13/h3-5H,1-2H3. The first-order valence-corrected chi connectivity index (χ1v) is 4.21. The molecule has 0 N–H and O–H groups in total. The lowest BCUT2D eigenvalue weighted by Crippen LogP contribution is -2.09. The fourth-order valence-electron chi connectivity index (χ4n) is 1.17. The summed E-state index contributed by atoms with van der Waals surface area (Å²) >= 11 is 5.09. The smallest absolute Gasteiger partial charge is 0.284 e. The quantitative estimate of drug-likeness (QED) is 0.413. The van der Waals surface area contributed by atoms with E-state index in [2.05, 4.69) is 0 Å². The molecule has 13 heavy (non-hydrogen) atoms. The second kappa shape index (κ2) is 3.71. The van der Waals surface area contributed by atoms with Gasteiger partial charge in [-0.05, 0) is 31.0 Å². The molecule has 0 aliphatic heterocycles. The SMILES string of the molecule is Cc1ccc(C(=O)C(=O)Cl)c(C)c1. The largest absolute Gasteiger partial charge is 0.293 e. The van der Waals surface area contributed by atoms with E-state index in [0.29, 0.717) is 5.56 Å². The summed E-state index contributed by atoms with van der Waals surface area (Å²) in [6.45, 7) is 3.70. The molecule has 0 atom stereocenters. The van der Waals surface area contributed by atoms with Crippen LogP contribution in [0.2, 0.25) is 0 Å². The summed E-state index contributed by atoms with van der Waals surface area (Å²) in [7, 11) is 0. The zero-order chi connectivity index (χ0) is 10.0. The Morgan fingerprint density at radius 3 is 2.31 bits per heavy atom. The van der Waals surface area contributed by atoms with Gasteiger partial charge >= 0.3 is 0 Å². The second-order valence-corrected chi connectivity index (χ2v) is 3.26. The monoisotopic (exact) mass is 196 g/mol. The minimum Gasteiger partial charge on any atom is -0.284 e. The number of benzene rings is 1. The van der Waals surface area contributed by atoms with Gasteiger partial charge in [0.15, 0.2) is 0 Å². The predicted molar refractivity (Wildman–Crippen MR) is 51.1 cm³/mol. The van der Waals surface area contributed by atoms with Crippen LogP contribution in [0, 0.1) is 13.8 Å². The Kier molecular flexibility index (Phi) is 2.83. The van der Waals surface area contributed by atoms with Gasteiger partial charge in [-0.25, -0.2) is 0 Å². The van der Waals surface area contributed by atoms with Crippen LogP contribution in [0.3, 0.4) is 0 Å². The predicted octanol–water partition coefficient (Wildman–Crippen LogP) is 2.25. The van der Waals surface area contributed by atoms with E-state index >= 15 is 0 Å². The van der Waals surface area contributed by atoms with E-state index in [1.165, 1.54) is 0 Å². The number of aryl methyl sites for hydroxylation is 2. The van der Waals surface area contributed by atoms with Crippen LogP contribution in [-0.2, 0) is 4.79 Å².